The lowest BCUT2D eigenvalue weighted by Gasteiger charge is -2.09. The number of benzene rings is 2. The Balaban J connectivity index is 2.04. The molecular formula is C15H11Br2N3O3. The molecule has 3 N–H and O–H groups in total. The zero-order valence-electron chi connectivity index (χ0n) is 11.9. The summed E-state index contributed by atoms with van der Waals surface area (Å²) in [6.07, 6.45) is 1.53. The van der Waals surface area contributed by atoms with E-state index >= 15 is 0 Å². The van der Waals surface area contributed by atoms with Crippen LogP contribution < -0.4 is 10.4 Å². The average Bonchev–Trinajstić information content (AvgIpc) is 2.90. The van der Waals surface area contributed by atoms with Gasteiger partial charge in [0.1, 0.15) is 0 Å². The lowest BCUT2D eigenvalue weighted by Crippen LogP contribution is -1.99. The monoisotopic (exact) mass is 439 g/mol. The van der Waals surface area contributed by atoms with E-state index in [1.165, 1.54) is 13.3 Å². The summed E-state index contributed by atoms with van der Waals surface area (Å²) in [7, 11) is 1.48. The van der Waals surface area contributed by atoms with E-state index in [0.29, 0.717) is 32.5 Å². The van der Waals surface area contributed by atoms with E-state index in [1.54, 1.807) is 24.3 Å². The maximum absolute atomic E-state index is 11.3. The van der Waals surface area contributed by atoms with Crippen LogP contribution in [0.4, 0.5) is 5.69 Å². The van der Waals surface area contributed by atoms with E-state index in [-0.39, 0.29) is 11.4 Å². The average molecular weight is 441 g/mol. The minimum absolute atomic E-state index is 0.0116. The van der Waals surface area contributed by atoms with Gasteiger partial charge in [0.05, 0.1) is 29.4 Å². The quantitative estimate of drug-likeness (QED) is 0.540. The molecule has 0 aliphatic heterocycles. The zero-order chi connectivity index (χ0) is 16.6. The number of phenolic OH excluding ortho intramolecular Hbond substituents is 1. The number of nitrogens with zero attached hydrogens (tertiary/aromatic N) is 1. The Morgan fingerprint density at radius 2 is 1.96 bits per heavy atom. The van der Waals surface area contributed by atoms with Crippen LogP contribution >= 0.6 is 31.9 Å². The minimum atomic E-state index is -0.266. The SMILES string of the molecule is COc1cc(Br)c(Br)c(C=Nc2ccc3[nH]c(=O)[nH]c3c2)c1O. The van der Waals surface area contributed by atoms with E-state index in [1.807, 2.05) is 0 Å². The molecule has 0 aliphatic carbocycles. The lowest BCUT2D eigenvalue weighted by atomic mass is 10.2. The van der Waals surface area contributed by atoms with Gasteiger partial charge >= 0.3 is 5.69 Å². The summed E-state index contributed by atoms with van der Waals surface area (Å²) in [4.78, 5) is 21.0. The van der Waals surface area contributed by atoms with Crippen molar-refractivity contribution in [2.75, 3.05) is 7.11 Å². The van der Waals surface area contributed by atoms with Gasteiger partial charge < -0.3 is 19.8 Å². The third kappa shape index (κ3) is 3.04. The van der Waals surface area contributed by atoms with E-state index < -0.39 is 0 Å². The van der Waals surface area contributed by atoms with Gasteiger partial charge in [-0.1, -0.05) is 0 Å². The largest absolute Gasteiger partial charge is 0.504 e. The molecule has 8 heteroatoms. The predicted molar refractivity (Wildman–Crippen MR) is 96.2 cm³/mol. The Morgan fingerprint density at radius 1 is 1.22 bits per heavy atom. The molecule has 0 fully saturated rings. The summed E-state index contributed by atoms with van der Waals surface area (Å²) in [6.45, 7) is 0. The molecule has 0 atom stereocenters. The highest BCUT2D eigenvalue weighted by Gasteiger charge is 2.14. The van der Waals surface area contributed by atoms with Gasteiger partial charge in [-0.2, -0.15) is 0 Å². The maximum atomic E-state index is 11.3. The topological polar surface area (TPSA) is 90.5 Å². The number of phenols is 1. The van der Waals surface area contributed by atoms with Gasteiger partial charge in [-0.3, -0.25) is 4.99 Å². The molecule has 3 aromatic rings. The van der Waals surface area contributed by atoms with Gasteiger partial charge in [-0.05, 0) is 56.1 Å². The van der Waals surface area contributed by atoms with Crippen LogP contribution in [0.3, 0.4) is 0 Å². The van der Waals surface area contributed by atoms with Crippen molar-refractivity contribution in [3.8, 4) is 11.5 Å². The Morgan fingerprint density at radius 3 is 2.70 bits per heavy atom. The first-order valence-electron chi connectivity index (χ1n) is 6.50. The van der Waals surface area contributed by atoms with Gasteiger partial charge in [-0.25, -0.2) is 4.79 Å². The molecule has 2 aromatic carbocycles. The highest BCUT2D eigenvalue weighted by molar-refractivity contribution is 9.13. The summed E-state index contributed by atoms with van der Waals surface area (Å²) >= 11 is 6.79. The molecule has 0 bridgehead atoms. The van der Waals surface area contributed by atoms with Gasteiger partial charge in [0.15, 0.2) is 11.5 Å². The second-order valence-electron chi connectivity index (χ2n) is 4.70. The number of nitrogens with one attached hydrogen (secondary N) is 2. The Kier molecular flexibility index (Phi) is 4.27. The molecule has 23 heavy (non-hydrogen) atoms. The standard InChI is InChI=1S/C15H11Br2N3O3/c1-23-12-5-9(16)13(17)8(14(12)21)6-18-7-2-3-10-11(4-7)20-15(22)19-10/h2-6,21H,1H3,(H2,19,20,22). The van der Waals surface area contributed by atoms with Crippen LogP contribution in [-0.4, -0.2) is 28.4 Å². The molecule has 1 aromatic heterocycles. The summed E-state index contributed by atoms with van der Waals surface area (Å²) in [5, 5.41) is 10.2. The smallest absolute Gasteiger partial charge is 0.323 e. The number of methoxy groups -OCH3 is 1. The van der Waals surface area contributed by atoms with Gasteiger partial charge in [-0.15, -0.1) is 0 Å². The third-order valence-corrected chi connectivity index (χ3v) is 5.27. The van der Waals surface area contributed by atoms with Crippen molar-refractivity contribution in [3.05, 3.63) is 49.3 Å². The molecule has 0 spiro atoms. The van der Waals surface area contributed by atoms with Crippen LogP contribution in [0.1, 0.15) is 5.56 Å². The Hall–Kier alpha value is -2.06. The van der Waals surface area contributed by atoms with Crippen molar-refractivity contribution in [2.24, 2.45) is 4.99 Å². The fourth-order valence-corrected chi connectivity index (χ4v) is 2.95. The first kappa shape index (κ1) is 15.8. The number of imidazole rings is 1. The third-order valence-electron chi connectivity index (χ3n) is 3.25. The number of halogens is 2. The van der Waals surface area contributed by atoms with Crippen molar-refractivity contribution >= 4 is 54.8 Å². The first-order valence-corrected chi connectivity index (χ1v) is 8.09. The molecule has 118 valence electrons. The molecule has 0 saturated carbocycles. The summed E-state index contributed by atoms with van der Waals surface area (Å²) in [6, 6.07) is 6.93. The van der Waals surface area contributed by atoms with E-state index in [2.05, 4.69) is 46.8 Å². The molecule has 0 aliphatic rings. The highest BCUT2D eigenvalue weighted by Crippen LogP contribution is 2.39. The van der Waals surface area contributed by atoms with Crippen LogP contribution in [0.25, 0.3) is 11.0 Å². The highest BCUT2D eigenvalue weighted by atomic mass is 79.9. The summed E-state index contributed by atoms with van der Waals surface area (Å²) < 4.78 is 6.53. The predicted octanol–water partition coefficient (Wildman–Crippen LogP) is 3.85. The maximum Gasteiger partial charge on any atom is 0.323 e. The number of aromatic nitrogens is 2. The molecule has 0 saturated heterocycles. The molecule has 0 radical (unpaired) electrons. The number of hydrogen-bond donors (Lipinski definition) is 3. The number of aliphatic imine (C=N–C) groups is 1. The van der Waals surface area contributed by atoms with Crippen LogP contribution in [0.15, 0.2) is 43.0 Å². The number of rotatable bonds is 3. The number of aromatic hydroxyl groups is 1. The molecule has 1 heterocycles. The lowest BCUT2D eigenvalue weighted by molar-refractivity contribution is 0.372. The van der Waals surface area contributed by atoms with E-state index in [9.17, 15) is 9.90 Å². The normalized spacial score (nSPS) is 11.4. The second-order valence-corrected chi connectivity index (χ2v) is 6.35. The van der Waals surface area contributed by atoms with Crippen LogP contribution in [0.2, 0.25) is 0 Å². The van der Waals surface area contributed by atoms with Crippen molar-refractivity contribution in [1.82, 2.24) is 9.97 Å². The molecule has 3 rings (SSSR count). The molecule has 6 nitrogen and oxygen atoms in total. The van der Waals surface area contributed by atoms with Crippen molar-refractivity contribution in [1.29, 1.82) is 0 Å². The van der Waals surface area contributed by atoms with Crippen LogP contribution in [-0.2, 0) is 0 Å². The molecule has 0 unspecified atom stereocenters. The summed E-state index contributed by atoms with van der Waals surface area (Å²) in [5.74, 6) is 0.328. The molecule has 0 amide bonds. The second kappa shape index (κ2) is 6.21. The minimum Gasteiger partial charge on any atom is -0.504 e. The molecular weight excluding hydrogens is 430 g/mol. The van der Waals surface area contributed by atoms with Crippen molar-refractivity contribution in [3.63, 3.8) is 0 Å². The fourth-order valence-electron chi connectivity index (χ4n) is 2.13. The van der Waals surface area contributed by atoms with E-state index in [4.69, 9.17) is 4.74 Å². The van der Waals surface area contributed by atoms with Crippen LogP contribution in [0.5, 0.6) is 11.5 Å². The summed E-state index contributed by atoms with van der Waals surface area (Å²) in [5.41, 5.74) is 2.23. The number of hydrogen-bond acceptors (Lipinski definition) is 4. The number of fused-ring (bicyclic) bond motifs is 1. The zero-order valence-corrected chi connectivity index (χ0v) is 15.0. The fraction of sp³-hybridized carbons (Fsp3) is 0.0667. The van der Waals surface area contributed by atoms with Crippen LogP contribution in [0, 0.1) is 0 Å². The van der Waals surface area contributed by atoms with Crippen molar-refractivity contribution < 1.29 is 9.84 Å². The van der Waals surface area contributed by atoms with E-state index in [0.717, 1.165) is 4.47 Å². The number of ether oxygens (including phenoxy) is 1. The van der Waals surface area contributed by atoms with Gasteiger partial charge in [0.25, 0.3) is 0 Å². The Bertz CT molecular complexity index is 976. The van der Waals surface area contributed by atoms with Gasteiger partial charge in [0, 0.05) is 15.2 Å². The Labute approximate surface area is 147 Å². The van der Waals surface area contributed by atoms with Gasteiger partial charge in [0.2, 0.25) is 0 Å². The first-order chi connectivity index (χ1) is 11.0. The number of aromatic amines is 2. The number of H-pyrrole nitrogens is 2. The van der Waals surface area contributed by atoms with Crippen molar-refractivity contribution in [2.45, 2.75) is 0 Å².